The number of nitrogens with one attached hydrogen (secondary N) is 2. The van der Waals surface area contributed by atoms with Crippen LogP contribution in [0.5, 0.6) is 0 Å². The van der Waals surface area contributed by atoms with Gasteiger partial charge in [0, 0.05) is 46.2 Å². The second-order valence-corrected chi connectivity index (χ2v) is 6.20. The quantitative estimate of drug-likeness (QED) is 0.815. The Kier molecular flexibility index (Phi) is 6.94. The number of benzene rings is 1. The SMILES string of the molecule is CNC(=O)NC(=O)CCN1CCN(C(=O)Cc2ccccc2C)CC1. The van der Waals surface area contributed by atoms with Gasteiger partial charge >= 0.3 is 6.03 Å². The molecule has 0 unspecified atom stereocenters. The summed E-state index contributed by atoms with van der Waals surface area (Å²) < 4.78 is 0. The van der Waals surface area contributed by atoms with Gasteiger partial charge in [-0.25, -0.2) is 4.79 Å². The fourth-order valence-electron chi connectivity index (χ4n) is 2.82. The number of urea groups is 1. The molecule has 2 rings (SSSR count). The lowest BCUT2D eigenvalue weighted by atomic mass is 10.1. The average Bonchev–Trinajstić information content (AvgIpc) is 2.62. The molecule has 1 aromatic carbocycles. The van der Waals surface area contributed by atoms with Crippen molar-refractivity contribution in [3.8, 4) is 0 Å². The molecule has 1 aliphatic rings. The molecule has 1 aromatic rings. The maximum absolute atomic E-state index is 12.4. The Morgan fingerprint density at radius 1 is 1.08 bits per heavy atom. The van der Waals surface area contributed by atoms with Gasteiger partial charge in [0.05, 0.1) is 6.42 Å². The highest BCUT2D eigenvalue weighted by molar-refractivity contribution is 5.94. The van der Waals surface area contributed by atoms with Crippen molar-refractivity contribution in [2.24, 2.45) is 0 Å². The summed E-state index contributed by atoms with van der Waals surface area (Å²) in [5.74, 6) is -0.149. The van der Waals surface area contributed by atoms with Gasteiger partial charge in [-0.1, -0.05) is 24.3 Å². The van der Waals surface area contributed by atoms with Crippen LogP contribution in [0.1, 0.15) is 17.5 Å². The minimum Gasteiger partial charge on any atom is -0.341 e. The molecule has 2 N–H and O–H groups in total. The van der Waals surface area contributed by atoms with E-state index in [9.17, 15) is 14.4 Å². The molecule has 0 atom stereocenters. The van der Waals surface area contributed by atoms with E-state index in [1.807, 2.05) is 36.1 Å². The smallest absolute Gasteiger partial charge is 0.321 e. The van der Waals surface area contributed by atoms with Crippen molar-refractivity contribution in [2.45, 2.75) is 19.8 Å². The van der Waals surface area contributed by atoms with E-state index in [2.05, 4.69) is 15.5 Å². The minimum absolute atomic E-state index is 0.145. The van der Waals surface area contributed by atoms with Crippen LogP contribution in [0.25, 0.3) is 0 Å². The lowest BCUT2D eigenvalue weighted by Crippen LogP contribution is -2.50. The van der Waals surface area contributed by atoms with Gasteiger partial charge in [0.25, 0.3) is 0 Å². The highest BCUT2D eigenvalue weighted by atomic mass is 16.2. The number of carbonyl (C=O) groups excluding carboxylic acids is 3. The van der Waals surface area contributed by atoms with Crippen LogP contribution in [0.4, 0.5) is 4.79 Å². The van der Waals surface area contributed by atoms with Crippen molar-refractivity contribution in [1.82, 2.24) is 20.4 Å². The number of carbonyl (C=O) groups is 3. The summed E-state index contributed by atoms with van der Waals surface area (Å²) in [6, 6.07) is 7.45. The second-order valence-electron chi connectivity index (χ2n) is 6.20. The number of amides is 4. The summed E-state index contributed by atoms with van der Waals surface area (Å²) in [4.78, 5) is 39.1. The molecule has 0 radical (unpaired) electrons. The Balaban J connectivity index is 1.72. The van der Waals surface area contributed by atoms with Crippen molar-refractivity contribution in [3.05, 3.63) is 35.4 Å². The van der Waals surface area contributed by atoms with Gasteiger partial charge in [0.1, 0.15) is 0 Å². The summed E-state index contributed by atoms with van der Waals surface area (Å²) in [5, 5.41) is 4.60. The molecule has 0 aliphatic carbocycles. The topological polar surface area (TPSA) is 81.8 Å². The minimum atomic E-state index is -0.489. The Bertz CT molecular complexity index is 625. The van der Waals surface area contributed by atoms with Crippen LogP contribution in [0.2, 0.25) is 0 Å². The van der Waals surface area contributed by atoms with Crippen molar-refractivity contribution >= 4 is 17.8 Å². The van der Waals surface area contributed by atoms with E-state index >= 15 is 0 Å². The van der Waals surface area contributed by atoms with Crippen LogP contribution >= 0.6 is 0 Å². The number of imide groups is 1. The van der Waals surface area contributed by atoms with Crippen LogP contribution in [0.15, 0.2) is 24.3 Å². The molecule has 0 bridgehead atoms. The highest BCUT2D eigenvalue weighted by Crippen LogP contribution is 2.11. The zero-order valence-corrected chi connectivity index (χ0v) is 14.9. The van der Waals surface area contributed by atoms with Crippen molar-refractivity contribution in [2.75, 3.05) is 39.8 Å². The van der Waals surface area contributed by atoms with E-state index in [0.29, 0.717) is 26.1 Å². The first-order valence-electron chi connectivity index (χ1n) is 8.56. The van der Waals surface area contributed by atoms with Crippen molar-refractivity contribution < 1.29 is 14.4 Å². The van der Waals surface area contributed by atoms with Gasteiger partial charge in [-0.3, -0.25) is 19.8 Å². The maximum atomic E-state index is 12.4. The fourth-order valence-corrected chi connectivity index (χ4v) is 2.82. The van der Waals surface area contributed by atoms with Crippen LogP contribution in [-0.2, 0) is 16.0 Å². The number of rotatable bonds is 5. The Morgan fingerprint density at radius 2 is 1.76 bits per heavy atom. The highest BCUT2D eigenvalue weighted by Gasteiger charge is 2.21. The van der Waals surface area contributed by atoms with Gasteiger partial charge in [0.15, 0.2) is 0 Å². The summed E-state index contributed by atoms with van der Waals surface area (Å²) in [5.41, 5.74) is 2.21. The maximum Gasteiger partial charge on any atom is 0.321 e. The first kappa shape index (κ1) is 18.9. The summed E-state index contributed by atoms with van der Waals surface area (Å²) in [6.07, 6.45) is 0.700. The predicted molar refractivity (Wildman–Crippen MR) is 95.1 cm³/mol. The molecule has 7 nitrogen and oxygen atoms in total. The molecular weight excluding hydrogens is 320 g/mol. The Hall–Kier alpha value is -2.41. The fraction of sp³-hybridized carbons (Fsp3) is 0.500. The van der Waals surface area contributed by atoms with Gasteiger partial charge in [-0.2, -0.15) is 0 Å². The largest absolute Gasteiger partial charge is 0.341 e. The molecule has 136 valence electrons. The third kappa shape index (κ3) is 5.86. The van der Waals surface area contributed by atoms with Gasteiger partial charge in [-0.15, -0.1) is 0 Å². The van der Waals surface area contributed by atoms with E-state index in [4.69, 9.17) is 0 Å². The van der Waals surface area contributed by atoms with Crippen LogP contribution in [-0.4, -0.2) is 67.4 Å². The molecule has 4 amide bonds. The van der Waals surface area contributed by atoms with E-state index in [0.717, 1.165) is 24.2 Å². The Labute approximate surface area is 148 Å². The van der Waals surface area contributed by atoms with Crippen LogP contribution in [0, 0.1) is 6.92 Å². The number of hydrogen-bond acceptors (Lipinski definition) is 4. The van der Waals surface area contributed by atoms with E-state index in [-0.39, 0.29) is 18.2 Å². The molecule has 1 aliphatic heterocycles. The second kappa shape index (κ2) is 9.17. The number of aryl methyl sites for hydroxylation is 1. The zero-order chi connectivity index (χ0) is 18.2. The standard InChI is InChI=1S/C18H26N4O3/c1-14-5-3-4-6-15(14)13-17(24)22-11-9-21(10-12-22)8-7-16(23)20-18(25)19-2/h3-6H,7-13H2,1-2H3,(H2,19,20,23,25). The van der Waals surface area contributed by atoms with Crippen LogP contribution in [0.3, 0.4) is 0 Å². The Morgan fingerprint density at radius 3 is 2.40 bits per heavy atom. The molecule has 25 heavy (non-hydrogen) atoms. The predicted octanol–water partition coefficient (Wildman–Crippen LogP) is 0.527. The summed E-state index contributed by atoms with van der Waals surface area (Å²) >= 11 is 0. The molecule has 1 heterocycles. The third-order valence-electron chi connectivity index (χ3n) is 4.46. The summed E-state index contributed by atoms with van der Waals surface area (Å²) in [6.45, 7) is 5.43. The molecule has 0 spiro atoms. The number of nitrogens with zero attached hydrogens (tertiary/aromatic N) is 2. The number of hydrogen-bond donors (Lipinski definition) is 2. The zero-order valence-electron chi connectivity index (χ0n) is 14.9. The third-order valence-corrected chi connectivity index (χ3v) is 4.46. The normalized spacial score (nSPS) is 14.9. The molecule has 0 saturated carbocycles. The van der Waals surface area contributed by atoms with Gasteiger partial charge in [-0.05, 0) is 18.1 Å². The molecule has 1 saturated heterocycles. The lowest BCUT2D eigenvalue weighted by Gasteiger charge is -2.34. The monoisotopic (exact) mass is 346 g/mol. The van der Waals surface area contributed by atoms with E-state index in [1.54, 1.807) is 0 Å². The summed E-state index contributed by atoms with van der Waals surface area (Å²) in [7, 11) is 1.47. The first-order valence-corrected chi connectivity index (χ1v) is 8.56. The molecule has 7 heteroatoms. The average molecular weight is 346 g/mol. The molecule has 0 aromatic heterocycles. The van der Waals surface area contributed by atoms with E-state index < -0.39 is 6.03 Å². The first-order chi connectivity index (χ1) is 12.0. The van der Waals surface area contributed by atoms with Gasteiger partial charge < -0.3 is 10.2 Å². The molecular formula is C18H26N4O3. The molecule has 1 fully saturated rings. The van der Waals surface area contributed by atoms with Gasteiger partial charge in [0.2, 0.25) is 11.8 Å². The number of piperazine rings is 1. The van der Waals surface area contributed by atoms with Crippen molar-refractivity contribution in [1.29, 1.82) is 0 Å². The lowest BCUT2D eigenvalue weighted by molar-refractivity contribution is -0.132. The van der Waals surface area contributed by atoms with E-state index in [1.165, 1.54) is 7.05 Å². The van der Waals surface area contributed by atoms with Crippen LogP contribution < -0.4 is 10.6 Å². The van der Waals surface area contributed by atoms with Crippen molar-refractivity contribution in [3.63, 3.8) is 0 Å².